The molecule has 3 rings (SSSR count). The number of rotatable bonds is 16. The first-order valence-electron chi connectivity index (χ1n) is 15.1. The zero-order valence-electron chi connectivity index (χ0n) is 24.1. The number of hydrogen-bond donors (Lipinski definition) is 2. The number of ketones is 1. The number of anilines is 2. The molecular weight excluding hydrogens is 472 g/mol. The van der Waals surface area contributed by atoms with Crippen LogP contribution in [0.4, 0.5) is 11.4 Å². The molecule has 0 saturated heterocycles. The van der Waals surface area contributed by atoms with Crippen LogP contribution in [-0.2, 0) is 4.79 Å². The Labute approximate surface area is 230 Å². The third-order valence-electron chi connectivity index (χ3n) is 8.23. The summed E-state index contributed by atoms with van der Waals surface area (Å²) in [6.07, 6.45) is 7.65. The van der Waals surface area contributed by atoms with Gasteiger partial charge in [-0.05, 0) is 62.1 Å². The molecule has 1 aliphatic carbocycles. The van der Waals surface area contributed by atoms with Gasteiger partial charge in [0.15, 0.2) is 5.78 Å². The number of benzene rings is 2. The molecule has 1 aliphatic rings. The van der Waals surface area contributed by atoms with Gasteiger partial charge in [-0.2, -0.15) is 0 Å². The molecule has 0 radical (unpaired) electrons. The van der Waals surface area contributed by atoms with Crippen molar-refractivity contribution in [2.75, 3.05) is 36.0 Å². The fourth-order valence-corrected chi connectivity index (χ4v) is 5.86. The van der Waals surface area contributed by atoms with E-state index in [0.717, 1.165) is 48.7 Å². The minimum Gasteiger partial charge on any atom is -0.391 e. The average molecular weight is 523 g/mol. The van der Waals surface area contributed by atoms with Gasteiger partial charge in [0, 0.05) is 43.5 Å². The third-order valence-corrected chi connectivity index (χ3v) is 8.23. The lowest BCUT2D eigenvalue weighted by atomic mass is 9.89. The molecule has 210 valence electrons. The van der Waals surface area contributed by atoms with E-state index in [1.54, 1.807) is 0 Å². The van der Waals surface area contributed by atoms with E-state index < -0.39 is 24.0 Å². The van der Waals surface area contributed by atoms with Gasteiger partial charge < -0.3 is 20.0 Å². The Kier molecular flexibility index (Phi) is 12.1. The summed E-state index contributed by atoms with van der Waals surface area (Å²) >= 11 is 0. The molecule has 0 bridgehead atoms. The van der Waals surface area contributed by atoms with Crippen molar-refractivity contribution in [3.05, 3.63) is 59.7 Å². The molecule has 2 aromatic rings. The minimum atomic E-state index is -1.21. The number of unbranched alkanes of at least 4 members (excludes halogenated alkanes) is 6. The first-order chi connectivity index (χ1) is 18.5. The number of Topliss-reactive ketones (excluding diaryl/α,β-unsaturated/α-hetero) is 1. The van der Waals surface area contributed by atoms with E-state index in [-0.39, 0.29) is 5.78 Å². The summed E-state index contributed by atoms with van der Waals surface area (Å²) < 4.78 is 0. The minimum absolute atomic E-state index is 0.294. The molecule has 2 aromatic carbocycles. The van der Waals surface area contributed by atoms with Crippen molar-refractivity contribution in [3.8, 4) is 0 Å². The second-order valence-corrected chi connectivity index (χ2v) is 10.8. The highest BCUT2D eigenvalue weighted by molar-refractivity contribution is 5.94. The Bertz CT molecular complexity index is 959. The highest BCUT2D eigenvalue weighted by Crippen LogP contribution is 2.42. The molecule has 0 aromatic heterocycles. The maximum Gasteiger partial charge on any atom is 0.172 e. The predicted octanol–water partition coefficient (Wildman–Crippen LogP) is 6.67. The van der Waals surface area contributed by atoms with Crippen molar-refractivity contribution in [1.29, 1.82) is 0 Å². The molecule has 5 heteroatoms. The van der Waals surface area contributed by atoms with Crippen LogP contribution >= 0.6 is 0 Å². The number of carbonyl (C=O) groups is 1. The van der Waals surface area contributed by atoms with Gasteiger partial charge in [-0.15, -0.1) is 0 Å². The van der Waals surface area contributed by atoms with Crippen molar-refractivity contribution in [3.63, 3.8) is 0 Å². The summed E-state index contributed by atoms with van der Waals surface area (Å²) in [4.78, 5) is 17.9. The summed E-state index contributed by atoms with van der Waals surface area (Å²) in [5.74, 6) is -1.63. The van der Waals surface area contributed by atoms with Gasteiger partial charge in [0.2, 0.25) is 0 Å². The number of hydrogen-bond acceptors (Lipinski definition) is 5. The molecule has 38 heavy (non-hydrogen) atoms. The third kappa shape index (κ3) is 7.39. The van der Waals surface area contributed by atoms with Gasteiger partial charge in [0.05, 0.1) is 12.0 Å². The summed E-state index contributed by atoms with van der Waals surface area (Å²) in [7, 11) is 0. The lowest BCUT2D eigenvalue weighted by molar-refractivity contribution is -0.126. The molecule has 4 atom stereocenters. The van der Waals surface area contributed by atoms with Crippen LogP contribution in [0.1, 0.15) is 102 Å². The summed E-state index contributed by atoms with van der Waals surface area (Å²) in [5.41, 5.74) is 3.86. The van der Waals surface area contributed by atoms with E-state index in [0.29, 0.717) is 0 Å². The second kappa shape index (κ2) is 15.3. The Morgan fingerprint density at radius 2 is 1.08 bits per heavy atom. The van der Waals surface area contributed by atoms with Gasteiger partial charge >= 0.3 is 0 Å². The lowest BCUT2D eigenvalue weighted by Crippen LogP contribution is -2.25. The Hall–Kier alpha value is -2.37. The molecule has 5 nitrogen and oxygen atoms in total. The molecule has 0 aliphatic heterocycles. The monoisotopic (exact) mass is 522 g/mol. The predicted molar refractivity (Wildman–Crippen MR) is 159 cm³/mol. The summed E-state index contributed by atoms with van der Waals surface area (Å²) in [6, 6.07) is 16.1. The molecule has 0 amide bonds. The van der Waals surface area contributed by atoms with Gasteiger partial charge in [0.1, 0.15) is 6.10 Å². The van der Waals surface area contributed by atoms with Crippen molar-refractivity contribution < 1.29 is 15.0 Å². The Morgan fingerprint density at radius 1 is 0.632 bits per heavy atom. The fourth-order valence-electron chi connectivity index (χ4n) is 5.86. The largest absolute Gasteiger partial charge is 0.391 e. The number of aliphatic hydroxyl groups is 2. The SMILES string of the molecule is CCCCCCN(CC)c1ccc(C2C(=O)C(O)C(c3ccc(N(CC)CCCCCC)cc3)C2O)cc1. The highest BCUT2D eigenvalue weighted by Gasteiger charge is 2.49. The molecular formula is C33H50N2O3. The zero-order chi connectivity index (χ0) is 27.5. The van der Waals surface area contributed by atoms with Gasteiger partial charge in [-0.3, -0.25) is 4.79 Å². The Balaban J connectivity index is 1.69. The van der Waals surface area contributed by atoms with Crippen LogP contribution in [0.15, 0.2) is 48.5 Å². The quantitative estimate of drug-likeness (QED) is 0.241. The topological polar surface area (TPSA) is 64.0 Å². The van der Waals surface area contributed by atoms with E-state index in [4.69, 9.17) is 0 Å². The van der Waals surface area contributed by atoms with Crippen LogP contribution in [0, 0.1) is 0 Å². The van der Waals surface area contributed by atoms with Crippen LogP contribution < -0.4 is 9.80 Å². The van der Waals surface area contributed by atoms with E-state index in [1.165, 1.54) is 51.4 Å². The Morgan fingerprint density at radius 3 is 1.50 bits per heavy atom. The standard InChI is InChI=1S/C33H50N2O3/c1-5-9-11-13-23-34(7-3)27-19-15-25(16-20-27)29-31(36)30(33(38)32(29)37)26-17-21-28(22-18-26)35(8-4)24-14-12-10-6-2/h15-22,29-32,36-37H,5-14,23-24H2,1-4H3. The molecule has 4 unspecified atom stereocenters. The van der Waals surface area contributed by atoms with E-state index in [1.807, 2.05) is 36.4 Å². The first-order valence-corrected chi connectivity index (χ1v) is 15.1. The molecule has 1 fully saturated rings. The normalized spacial score (nSPS) is 21.2. The smallest absolute Gasteiger partial charge is 0.172 e. The highest BCUT2D eigenvalue weighted by atomic mass is 16.3. The van der Waals surface area contributed by atoms with Gasteiger partial charge in [0.25, 0.3) is 0 Å². The zero-order valence-corrected chi connectivity index (χ0v) is 24.1. The van der Waals surface area contributed by atoms with Crippen molar-refractivity contribution in [1.82, 2.24) is 0 Å². The van der Waals surface area contributed by atoms with E-state index in [2.05, 4.69) is 49.6 Å². The first kappa shape index (κ1) is 30.2. The van der Waals surface area contributed by atoms with Gasteiger partial charge in [-0.25, -0.2) is 0 Å². The number of carbonyl (C=O) groups excluding carboxylic acids is 1. The molecule has 2 N–H and O–H groups in total. The second-order valence-electron chi connectivity index (χ2n) is 10.8. The summed E-state index contributed by atoms with van der Waals surface area (Å²) in [6.45, 7) is 12.7. The van der Waals surface area contributed by atoms with Crippen molar-refractivity contribution >= 4 is 17.2 Å². The van der Waals surface area contributed by atoms with Gasteiger partial charge in [-0.1, -0.05) is 76.6 Å². The van der Waals surface area contributed by atoms with Crippen LogP contribution in [0.3, 0.4) is 0 Å². The van der Waals surface area contributed by atoms with E-state index in [9.17, 15) is 15.0 Å². The number of nitrogens with zero attached hydrogens (tertiary/aromatic N) is 2. The lowest BCUT2D eigenvalue weighted by Gasteiger charge is -2.25. The fraction of sp³-hybridized carbons (Fsp3) is 0.606. The van der Waals surface area contributed by atoms with Crippen LogP contribution in [-0.4, -0.2) is 54.4 Å². The average Bonchev–Trinajstić information content (AvgIpc) is 3.16. The van der Waals surface area contributed by atoms with Crippen LogP contribution in [0.25, 0.3) is 0 Å². The van der Waals surface area contributed by atoms with Crippen LogP contribution in [0.5, 0.6) is 0 Å². The van der Waals surface area contributed by atoms with Crippen molar-refractivity contribution in [2.45, 2.75) is 103 Å². The maximum atomic E-state index is 13.1. The molecule has 0 heterocycles. The maximum absolute atomic E-state index is 13.1. The van der Waals surface area contributed by atoms with Crippen LogP contribution in [0.2, 0.25) is 0 Å². The number of aliphatic hydroxyl groups excluding tert-OH is 2. The molecule has 0 spiro atoms. The van der Waals surface area contributed by atoms with Crippen molar-refractivity contribution in [2.24, 2.45) is 0 Å². The summed E-state index contributed by atoms with van der Waals surface area (Å²) in [5, 5.41) is 22.2. The molecule has 1 saturated carbocycles. The van der Waals surface area contributed by atoms with E-state index >= 15 is 0 Å².